The third kappa shape index (κ3) is 2.95. The summed E-state index contributed by atoms with van der Waals surface area (Å²) in [5.41, 5.74) is 6.41. The van der Waals surface area contributed by atoms with Gasteiger partial charge in [-0.25, -0.2) is 0 Å². The SMILES string of the molecule is COc1ccccc1C(CN)CC(=O)O. The van der Waals surface area contributed by atoms with Crippen LogP contribution >= 0.6 is 0 Å². The number of carbonyl (C=O) groups is 1. The van der Waals surface area contributed by atoms with Gasteiger partial charge in [0.1, 0.15) is 5.75 Å². The van der Waals surface area contributed by atoms with E-state index in [1.165, 1.54) is 0 Å². The van der Waals surface area contributed by atoms with Crippen LogP contribution in [0.5, 0.6) is 5.75 Å². The van der Waals surface area contributed by atoms with E-state index in [0.717, 1.165) is 5.56 Å². The lowest BCUT2D eigenvalue weighted by atomic mass is 9.95. The van der Waals surface area contributed by atoms with E-state index in [1.54, 1.807) is 13.2 Å². The third-order valence-corrected chi connectivity index (χ3v) is 2.28. The zero-order valence-corrected chi connectivity index (χ0v) is 8.64. The van der Waals surface area contributed by atoms with Crippen molar-refractivity contribution in [3.63, 3.8) is 0 Å². The van der Waals surface area contributed by atoms with Gasteiger partial charge in [0.2, 0.25) is 0 Å². The minimum Gasteiger partial charge on any atom is -0.496 e. The van der Waals surface area contributed by atoms with Gasteiger partial charge in [0.05, 0.1) is 13.5 Å². The maximum absolute atomic E-state index is 10.6. The number of aliphatic carboxylic acids is 1. The molecule has 0 aliphatic rings. The molecule has 0 aliphatic heterocycles. The summed E-state index contributed by atoms with van der Waals surface area (Å²) in [6, 6.07) is 7.35. The van der Waals surface area contributed by atoms with Crippen LogP contribution in [0.15, 0.2) is 24.3 Å². The van der Waals surface area contributed by atoms with Crippen molar-refractivity contribution < 1.29 is 14.6 Å². The molecule has 0 spiro atoms. The average molecular weight is 209 g/mol. The highest BCUT2D eigenvalue weighted by Crippen LogP contribution is 2.27. The van der Waals surface area contributed by atoms with Crippen molar-refractivity contribution >= 4 is 5.97 Å². The molecule has 0 fully saturated rings. The summed E-state index contributed by atoms with van der Waals surface area (Å²) in [6.07, 6.45) is 0.0247. The standard InChI is InChI=1S/C11H15NO3/c1-15-10-5-3-2-4-9(10)8(7-12)6-11(13)14/h2-5,8H,6-7,12H2,1H3,(H,13,14). The van der Waals surface area contributed by atoms with Gasteiger partial charge in [0.15, 0.2) is 0 Å². The highest BCUT2D eigenvalue weighted by molar-refractivity contribution is 5.68. The molecular formula is C11H15NO3. The van der Waals surface area contributed by atoms with E-state index in [1.807, 2.05) is 18.2 Å². The Balaban J connectivity index is 2.95. The fraction of sp³-hybridized carbons (Fsp3) is 0.364. The van der Waals surface area contributed by atoms with Crippen LogP contribution in [0.4, 0.5) is 0 Å². The van der Waals surface area contributed by atoms with Gasteiger partial charge in [-0.15, -0.1) is 0 Å². The molecule has 0 saturated carbocycles. The molecule has 0 aromatic heterocycles. The molecule has 1 unspecified atom stereocenters. The number of hydrogen-bond donors (Lipinski definition) is 2. The van der Waals surface area contributed by atoms with E-state index >= 15 is 0 Å². The second-order valence-corrected chi connectivity index (χ2v) is 3.27. The van der Waals surface area contributed by atoms with E-state index in [9.17, 15) is 4.79 Å². The van der Waals surface area contributed by atoms with Gasteiger partial charge >= 0.3 is 5.97 Å². The molecule has 15 heavy (non-hydrogen) atoms. The maximum Gasteiger partial charge on any atom is 0.304 e. The van der Waals surface area contributed by atoms with Crippen molar-refractivity contribution in [3.05, 3.63) is 29.8 Å². The summed E-state index contributed by atoms with van der Waals surface area (Å²) < 4.78 is 5.16. The lowest BCUT2D eigenvalue weighted by Gasteiger charge is -2.15. The van der Waals surface area contributed by atoms with Gasteiger partial charge in [-0.3, -0.25) is 4.79 Å². The molecule has 0 heterocycles. The van der Waals surface area contributed by atoms with Crippen LogP contribution in [0.3, 0.4) is 0 Å². The van der Waals surface area contributed by atoms with Crippen LogP contribution in [0.1, 0.15) is 17.9 Å². The first kappa shape index (κ1) is 11.5. The molecule has 0 radical (unpaired) electrons. The van der Waals surface area contributed by atoms with Crippen LogP contribution in [0, 0.1) is 0 Å². The Bertz CT molecular complexity index is 338. The summed E-state index contributed by atoms with van der Waals surface area (Å²) in [7, 11) is 1.56. The molecule has 0 aliphatic carbocycles. The van der Waals surface area contributed by atoms with E-state index < -0.39 is 5.97 Å². The van der Waals surface area contributed by atoms with Crippen molar-refractivity contribution in [1.82, 2.24) is 0 Å². The number of carboxylic acids is 1. The number of hydrogen-bond acceptors (Lipinski definition) is 3. The Kier molecular flexibility index (Phi) is 4.12. The monoisotopic (exact) mass is 209 g/mol. The Morgan fingerprint density at radius 2 is 2.20 bits per heavy atom. The molecule has 1 rings (SSSR count). The fourth-order valence-corrected chi connectivity index (χ4v) is 1.53. The first-order valence-corrected chi connectivity index (χ1v) is 4.73. The smallest absolute Gasteiger partial charge is 0.304 e. The van der Waals surface area contributed by atoms with E-state index in [2.05, 4.69) is 0 Å². The summed E-state index contributed by atoms with van der Waals surface area (Å²) in [6.45, 7) is 0.298. The van der Waals surface area contributed by atoms with E-state index in [-0.39, 0.29) is 12.3 Å². The minimum absolute atomic E-state index is 0.0247. The number of para-hydroxylation sites is 1. The normalized spacial score (nSPS) is 12.1. The molecule has 4 nitrogen and oxygen atoms in total. The van der Waals surface area contributed by atoms with Crippen molar-refractivity contribution in [2.45, 2.75) is 12.3 Å². The predicted molar refractivity (Wildman–Crippen MR) is 57.0 cm³/mol. The Hall–Kier alpha value is -1.55. The highest BCUT2D eigenvalue weighted by Gasteiger charge is 2.17. The van der Waals surface area contributed by atoms with Gasteiger partial charge in [-0.05, 0) is 18.2 Å². The van der Waals surface area contributed by atoms with Crippen molar-refractivity contribution in [1.29, 1.82) is 0 Å². The van der Waals surface area contributed by atoms with Crippen LogP contribution in [-0.2, 0) is 4.79 Å². The fourth-order valence-electron chi connectivity index (χ4n) is 1.53. The van der Waals surface area contributed by atoms with Gasteiger partial charge in [-0.1, -0.05) is 18.2 Å². The van der Waals surface area contributed by atoms with Crippen molar-refractivity contribution in [2.24, 2.45) is 5.73 Å². The van der Waals surface area contributed by atoms with Gasteiger partial charge in [0.25, 0.3) is 0 Å². The first-order valence-electron chi connectivity index (χ1n) is 4.73. The number of rotatable bonds is 5. The largest absolute Gasteiger partial charge is 0.496 e. The quantitative estimate of drug-likeness (QED) is 0.764. The topological polar surface area (TPSA) is 72.5 Å². The molecule has 1 atom stereocenters. The minimum atomic E-state index is -0.851. The lowest BCUT2D eigenvalue weighted by Crippen LogP contribution is -2.16. The summed E-state index contributed by atoms with van der Waals surface area (Å²) in [5, 5.41) is 8.74. The number of nitrogens with two attached hydrogens (primary N) is 1. The third-order valence-electron chi connectivity index (χ3n) is 2.28. The molecule has 0 bridgehead atoms. The van der Waals surface area contributed by atoms with Crippen LogP contribution < -0.4 is 10.5 Å². The molecule has 1 aromatic carbocycles. The number of methoxy groups -OCH3 is 1. The second-order valence-electron chi connectivity index (χ2n) is 3.27. The molecule has 3 N–H and O–H groups in total. The van der Waals surface area contributed by atoms with E-state index in [4.69, 9.17) is 15.6 Å². The molecule has 82 valence electrons. The Morgan fingerprint density at radius 3 is 2.73 bits per heavy atom. The zero-order chi connectivity index (χ0) is 11.3. The number of ether oxygens (including phenoxy) is 1. The van der Waals surface area contributed by atoms with Crippen molar-refractivity contribution in [3.8, 4) is 5.75 Å². The predicted octanol–water partition coefficient (Wildman–Crippen LogP) is 1.21. The Morgan fingerprint density at radius 1 is 1.53 bits per heavy atom. The molecule has 4 heteroatoms. The average Bonchev–Trinajstić information content (AvgIpc) is 2.25. The van der Waals surface area contributed by atoms with Crippen LogP contribution in [-0.4, -0.2) is 24.7 Å². The van der Waals surface area contributed by atoms with Gasteiger partial charge < -0.3 is 15.6 Å². The number of benzene rings is 1. The highest BCUT2D eigenvalue weighted by atomic mass is 16.5. The van der Waals surface area contributed by atoms with Gasteiger partial charge in [-0.2, -0.15) is 0 Å². The zero-order valence-electron chi connectivity index (χ0n) is 8.64. The molecule has 0 saturated heterocycles. The second kappa shape index (κ2) is 5.36. The lowest BCUT2D eigenvalue weighted by molar-refractivity contribution is -0.137. The molecule has 1 aromatic rings. The first-order chi connectivity index (χ1) is 7.19. The van der Waals surface area contributed by atoms with Crippen LogP contribution in [0.2, 0.25) is 0 Å². The Labute approximate surface area is 88.7 Å². The van der Waals surface area contributed by atoms with Gasteiger partial charge in [0, 0.05) is 5.92 Å². The maximum atomic E-state index is 10.6. The van der Waals surface area contributed by atoms with Crippen LogP contribution in [0.25, 0.3) is 0 Å². The van der Waals surface area contributed by atoms with E-state index in [0.29, 0.717) is 12.3 Å². The summed E-state index contributed by atoms with van der Waals surface area (Å²) >= 11 is 0. The summed E-state index contributed by atoms with van der Waals surface area (Å²) in [4.78, 5) is 10.6. The van der Waals surface area contributed by atoms with Crippen molar-refractivity contribution in [2.75, 3.05) is 13.7 Å². The molecular weight excluding hydrogens is 194 g/mol. The molecule has 0 amide bonds. The number of carboxylic acid groups (broad SMARTS) is 1. The summed E-state index contributed by atoms with van der Waals surface area (Å²) in [5.74, 6) is -0.357.